The van der Waals surface area contributed by atoms with Gasteiger partial charge in [-0.3, -0.25) is 0 Å². The van der Waals surface area contributed by atoms with E-state index in [4.69, 9.17) is 21.7 Å². The van der Waals surface area contributed by atoms with Crippen molar-refractivity contribution >= 4 is 28.7 Å². The molecule has 2 aliphatic rings. The van der Waals surface area contributed by atoms with Crippen molar-refractivity contribution in [2.75, 3.05) is 30.1 Å². The van der Waals surface area contributed by atoms with Crippen molar-refractivity contribution in [2.24, 2.45) is 0 Å². The van der Waals surface area contributed by atoms with Crippen LogP contribution in [0.15, 0.2) is 42.5 Å². The van der Waals surface area contributed by atoms with Gasteiger partial charge in [0.1, 0.15) is 0 Å². The molecule has 2 aliphatic heterocycles. The molecule has 1 saturated heterocycles. The van der Waals surface area contributed by atoms with Crippen LogP contribution in [0.5, 0.6) is 11.5 Å². The highest BCUT2D eigenvalue weighted by atomic mass is 32.1. The van der Waals surface area contributed by atoms with Crippen LogP contribution in [0.3, 0.4) is 0 Å². The fourth-order valence-corrected chi connectivity index (χ4v) is 3.84. The molecule has 0 aromatic heterocycles. The average Bonchev–Trinajstić information content (AvgIpc) is 3.16. The van der Waals surface area contributed by atoms with Gasteiger partial charge in [-0.15, -0.1) is 0 Å². The Labute approximate surface area is 165 Å². The van der Waals surface area contributed by atoms with Crippen LogP contribution in [0.25, 0.3) is 0 Å². The zero-order valence-corrected chi connectivity index (χ0v) is 16.3. The smallest absolute Gasteiger partial charge is 0.231 e. The monoisotopic (exact) mass is 383 g/mol. The summed E-state index contributed by atoms with van der Waals surface area (Å²) in [5.74, 6) is 1.51. The number of anilines is 2. The summed E-state index contributed by atoms with van der Waals surface area (Å²) < 4.78 is 10.7. The molecule has 5 nitrogen and oxygen atoms in total. The number of nitrogens with zero attached hydrogens (tertiary/aromatic N) is 1. The van der Waals surface area contributed by atoms with Gasteiger partial charge in [0.15, 0.2) is 16.6 Å². The summed E-state index contributed by atoms with van der Waals surface area (Å²) in [6, 6.07) is 14.6. The molecule has 0 aliphatic carbocycles. The van der Waals surface area contributed by atoms with E-state index < -0.39 is 0 Å². The maximum atomic E-state index is 5.47. The highest BCUT2D eigenvalue weighted by Crippen LogP contribution is 2.34. The average molecular weight is 384 g/mol. The number of benzene rings is 2. The zero-order chi connectivity index (χ0) is 18.6. The molecule has 0 spiro atoms. The number of hydrogen-bond donors (Lipinski definition) is 2. The summed E-state index contributed by atoms with van der Waals surface area (Å²) in [5.41, 5.74) is 3.40. The van der Waals surface area contributed by atoms with Crippen LogP contribution >= 0.6 is 12.2 Å². The molecule has 0 saturated carbocycles. The van der Waals surface area contributed by atoms with Crippen molar-refractivity contribution < 1.29 is 9.47 Å². The first-order valence-electron chi connectivity index (χ1n) is 9.51. The minimum atomic E-state index is 0.120. The highest BCUT2D eigenvalue weighted by Gasteiger charge is 2.15. The van der Waals surface area contributed by atoms with Gasteiger partial charge in [-0.25, -0.2) is 0 Å². The van der Waals surface area contributed by atoms with E-state index in [-0.39, 0.29) is 12.8 Å². The third-order valence-electron chi connectivity index (χ3n) is 5.09. The second kappa shape index (κ2) is 8.05. The second-order valence-corrected chi connectivity index (χ2v) is 7.44. The molecular formula is C21H25N3O2S. The summed E-state index contributed by atoms with van der Waals surface area (Å²) in [6.45, 7) is 4.71. The summed E-state index contributed by atoms with van der Waals surface area (Å²) in [4.78, 5) is 2.47. The van der Waals surface area contributed by atoms with Crippen molar-refractivity contribution in [3.05, 3.63) is 48.0 Å². The molecule has 2 heterocycles. The van der Waals surface area contributed by atoms with E-state index in [1.54, 1.807) is 0 Å². The molecular weight excluding hydrogens is 358 g/mol. The van der Waals surface area contributed by atoms with Crippen molar-refractivity contribution in [1.82, 2.24) is 5.32 Å². The molecule has 4 rings (SSSR count). The lowest BCUT2D eigenvalue weighted by Crippen LogP contribution is -2.31. The van der Waals surface area contributed by atoms with Crippen LogP contribution in [-0.2, 0) is 0 Å². The van der Waals surface area contributed by atoms with Gasteiger partial charge >= 0.3 is 0 Å². The van der Waals surface area contributed by atoms with Crippen molar-refractivity contribution in [3.8, 4) is 11.5 Å². The first kappa shape index (κ1) is 17.9. The van der Waals surface area contributed by atoms with Gasteiger partial charge in [0, 0.05) is 30.5 Å². The molecule has 6 heteroatoms. The number of fused-ring (bicyclic) bond motifs is 1. The van der Waals surface area contributed by atoms with Crippen LogP contribution in [-0.4, -0.2) is 25.0 Å². The predicted molar refractivity (Wildman–Crippen MR) is 113 cm³/mol. The van der Waals surface area contributed by atoms with Crippen LogP contribution in [0.2, 0.25) is 0 Å². The number of hydrogen-bond acceptors (Lipinski definition) is 4. The molecule has 2 aromatic rings. The Morgan fingerprint density at radius 1 is 1.00 bits per heavy atom. The molecule has 142 valence electrons. The number of rotatable bonds is 4. The van der Waals surface area contributed by atoms with Gasteiger partial charge in [-0.1, -0.05) is 12.1 Å². The normalized spacial score (nSPS) is 16.7. The maximum Gasteiger partial charge on any atom is 0.231 e. The van der Waals surface area contributed by atoms with E-state index in [1.807, 2.05) is 18.2 Å². The van der Waals surface area contributed by atoms with E-state index in [0.29, 0.717) is 5.11 Å². The minimum absolute atomic E-state index is 0.120. The summed E-state index contributed by atoms with van der Waals surface area (Å²) >= 11 is 5.47. The molecule has 1 fully saturated rings. The van der Waals surface area contributed by atoms with E-state index in [9.17, 15) is 0 Å². The molecule has 0 unspecified atom stereocenters. The molecule has 2 N–H and O–H groups in total. The van der Waals surface area contributed by atoms with Crippen LogP contribution in [0.1, 0.15) is 37.8 Å². The lowest BCUT2D eigenvalue weighted by Gasteiger charge is -2.29. The van der Waals surface area contributed by atoms with Gasteiger partial charge < -0.3 is 25.0 Å². The largest absolute Gasteiger partial charge is 0.454 e. The summed E-state index contributed by atoms with van der Waals surface area (Å²) in [6.07, 6.45) is 3.93. The molecule has 0 radical (unpaired) electrons. The van der Waals surface area contributed by atoms with Gasteiger partial charge in [-0.2, -0.15) is 0 Å². The van der Waals surface area contributed by atoms with Crippen LogP contribution in [0.4, 0.5) is 11.4 Å². The minimum Gasteiger partial charge on any atom is -0.454 e. The van der Waals surface area contributed by atoms with E-state index >= 15 is 0 Å². The van der Waals surface area contributed by atoms with Crippen molar-refractivity contribution in [3.63, 3.8) is 0 Å². The molecule has 1 atom stereocenters. The maximum absolute atomic E-state index is 5.47. The molecule has 27 heavy (non-hydrogen) atoms. The number of thiocarbonyl (C=S) groups is 1. The Morgan fingerprint density at radius 2 is 1.74 bits per heavy atom. The molecule has 0 amide bonds. The van der Waals surface area contributed by atoms with Crippen LogP contribution < -0.4 is 25.0 Å². The Morgan fingerprint density at radius 3 is 2.52 bits per heavy atom. The Hall–Kier alpha value is -2.47. The predicted octanol–water partition coefficient (Wildman–Crippen LogP) is 4.45. The quantitative estimate of drug-likeness (QED) is 0.761. The third kappa shape index (κ3) is 4.27. The van der Waals surface area contributed by atoms with E-state index in [1.165, 1.54) is 30.5 Å². The SMILES string of the molecule is C[C@H](NC(=S)Nc1ccc2c(c1)OCO2)c1ccc(N2CCCCC2)cc1. The van der Waals surface area contributed by atoms with Gasteiger partial charge in [0.25, 0.3) is 0 Å². The molecule has 2 aromatic carbocycles. The topological polar surface area (TPSA) is 45.8 Å². The lowest BCUT2D eigenvalue weighted by atomic mass is 10.1. The van der Waals surface area contributed by atoms with E-state index in [0.717, 1.165) is 30.3 Å². The third-order valence-corrected chi connectivity index (χ3v) is 5.31. The number of nitrogens with one attached hydrogen (secondary N) is 2. The Bertz CT molecular complexity index is 804. The lowest BCUT2D eigenvalue weighted by molar-refractivity contribution is 0.174. The summed E-state index contributed by atoms with van der Waals surface area (Å²) in [5, 5.41) is 7.14. The van der Waals surface area contributed by atoms with Crippen molar-refractivity contribution in [2.45, 2.75) is 32.2 Å². The molecule has 0 bridgehead atoms. The fourth-order valence-electron chi connectivity index (χ4n) is 3.55. The first-order chi connectivity index (χ1) is 13.2. The second-order valence-electron chi connectivity index (χ2n) is 7.03. The van der Waals surface area contributed by atoms with Gasteiger partial charge in [-0.05, 0) is 68.2 Å². The number of piperidine rings is 1. The van der Waals surface area contributed by atoms with Gasteiger partial charge in [0.2, 0.25) is 6.79 Å². The Kier molecular flexibility index (Phi) is 5.34. The van der Waals surface area contributed by atoms with Crippen molar-refractivity contribution in [1.29, 1.82) is 0 Å². The summed E-state index contributed by atoms with van der Waals surface area (Å²) in [7, 11) is 0. The van der Waals surface area contributed by atoms with Gasteiger partial charge in [0.05, 0.1) is 6.04 Å². The first-order valence-corrected chi connectivity index (χ1v) is 9.92. The standard InChI is InChI=1S/C21H25N3O2S/c1-15(16-5-8-18(9-6-16)24-11-3-2-4-12-24)22-21(27)23-17-7-10-19-20(13-17)26-14-25-19/h5-10,13,15H,2-4,11-12,14H2,1H3,(H2,22,23,27)/t15-/m0/s1. The fraction of sp³-hybridized carbons (Fsp3) is 0.381. The highest BCUT2D eigenvalue weighted by molar-refractivity contribution is 7.80. The Balaban J connectivity index is 1.34. The zero-order valence-electron chi connectivity index (χ0n) is 15.5. The number of ether oxygens (including phenoxy) is 2. The van der Waals surface area contributed by atoms with E-state index in [2.05, 4.69) is 46.7 Å². The van der Waals surface area contributed by atoms with Crippen LogP contribution in [0, 0.1) is 0 Å².